The molecule has 0 radical (unpaired) electrons. The minimum atomic E-state index is -2.52. The van der Waals surface area contributed by atoms with Crippen LogP contribution < -0.4 is 10.6 Å². The third-order valence-corrected chi connectivity index (χ3v) is 2.54. The van der Waals surface area contributed by atoms with Crippen LogP contribution in [0.25, 0.3) is 0 Å². The second-order valence-electron chi connectivity index (χ2n) is 3.89. The van der Waals surface area contributed by atoms with E-state index in [4.69, 9.17) is 10.5 Å². The summed E-state index contributed by atoms with van der Waals surface area (Å²) in [6.45, 7) is 1.28. The number of nitrogens with zero attached hydrogens (tertiary/aromatic N) is 1. The highest BCUT2D eigenvalue weighted by molar-refractivity contribution is 5.59. The molecule has 0 saturated heterocycles. The third-order valence-electron chi connectivity index (χ3n) is 2.54. The number of benzene rings is 1. The maximum absolute atomic E-state index is 12.8. The monoisotopic (exact) mass is 244 g/mol. The van der Waals surface area contributed by atoms with Crippen LogP contribution in [0, 0.1) is 0 Å². The fourth-order valence-corrected chi connectivity index (χ4v) is 1.66. The van der Waals surface area contributed by atoms with Crippen LogP contribution in [0.5, 0.6) is 0 Å². The maximum Gasteiger partial charge on any atom is 0.265 e. The molecular formula is C12H18F2N2O. The lowest BCUT2D eigenvalue weighted by Crippen LogP contribution is -2.21. The number of nitrogen functional groups attached to an aromatic ring is 1. The number of hydrogen-bond donors (Lipinski definition) is 1. The minimum Gasteiger partial charge on any atom is -0.399 e. The Morgan fingerprint density at radius 3 is 2.71 bits per heavy atom. The van der Waals surface area contributed by atoms with Gasteiger partial charge in [-0.2, -0.15) is 0 Å². The zero-order valence-corrected chi connectivity index (χ0v) is 10.1. The average molecular weight is 244 g/mol. The molecule has 0 atom stereocenters. The number of ether oxygens (including phenoxy) is 1. The summed E-state index contributed by atoms with van der Waals surface area (Å²) < 4.78 is 30.6. The van der Waals surface area contributed by atoms with Crippen molar-refractivity contribution in [2.45, 2.75) is 12.8 Å². The van der Waals surface area contributed by atoms with E-state index in [1.165, 1.54) is 6.07 Å². The first-order valence-electron chi connectivity index (χ1n) is 5.44. The highest BCUT2D eigenvalue weighted by Crippen LogP contribution is 2.31. The molecule has 96 valence electrons. The highest BCUT2D eigenvalue weighted by Gasteiger charge is 2.15. The smallest absolute Gasteiger partial charge is 0.265 e. The summed E-state index contributed by atoms with van der Waals surface area (Å²) in [6.07, 6.45) is -1.72. The Morgan fingerprint density at radius 1 is 1.41 bits per heavy atom. The minimum absolute atomic E-state index is 0.0232. The number of methoxy groups -OCH3 is 1. The Bertz CT molecular complexity index is 358. The second-order valence-corrected chi connectivity index (χ2v) is 3.89. The van der Waals surface area contributed by atoms with E-state index in [0.717, 1.165) is 6.42 Å². The van der Waals surface area contributed by atoms with Crippen LogP contribution in [0.1, 0.15) is 18.4 Å². The van der Waals surface area contributed by atoms with Gasteiger partial charge in [-0.25, -0.2) is 8.78 Å². The number of nitrogens with two attached hydrogens (primary N) is 1. The second kappa shape index (κ2) is 6.39. The van der Waals surface area contributed by atoms with E-state index >= 15 is 0 Å². The molecule has 1 rings (SSSR count). The van der Waals surface area contributed by atoms with E-state index in [0.29, 0.717) is 24.5 Å². The van der Waals surface area contributed by atoms with Gasteiger partial charge in [-0.3, -0.25) is 0 Å². The summed E-state index contributed by atoms with van der Waals surface area (Å²) in [5, 5.41) is 0. The zero-order valence-electron chi connectivity index (χ0n) is 10.1. The Morgan fingerprint density at radius 2 is 2.12 bits per heavy atom. The largest absolute Gasteiger partial charge is 0.399 e. The van der Waals surface area contributed by atoms with Gasteiger partial charge >= 0.3 is 0 Å². The van der Waals surface area contributed by atoms with Gasteiger partial charge in [0, 0.05) is 44.2 Å². The Balaban J connectivity index is 2.81. The number of halogens is 2. The molecular weight excluding hydrogens is 226 g/mol. The summed E-state index contributed by atoms with van der Waals surface area (Å²) in [5.41, 5.74) is 6.37. The Kier molecular flexibility index (Phi) is 5.15. The van der Waals surface area contributed by atoms with E-state index in [9.17, 15) is 8.78 Å². The highest BCUT2D eigenvalue weighted by atomic mass is 19.3. The fraction of sp³-hybridized carbons (Fsp3) is 0.500. The van der Waals surface area contributed by atoms with Crippen LogP contribution in [0.4, 0.5) is 20.2 Å². The molecule has 3 nitrogen and oxygen atoms in total. The first kappa shape index (κ1) is 13.7. The van der Waals surface area contributed by atoms with Crippen molar-refractivity contribution in [1.82, 2.24) is 0 Å². The van der Waals surface area contributed by atoms with Gasteiger partial charge in [-0.1, -0.05) is 0 Å². The van der Waals surface area contributed by atoms with Gasteiger partial charge in [0.15, 0.2) is 0 Å². The summed E-state index contributed by atoms with van der Waals surface area (Å²) in [7, 11) is 3.40. The molecule has 5 heteroatoms. The molecule has 17 heavy (non-hydrogen) atoms. The standard InChI is InChI=1S/C12H18F2N2O/c1-16(6-3-7-17-2)11-5-4-9(15)8-10(11)12(13)14/h4-5,8,12H,3,6-7,15H2,1-2H3. The first-order chi connectivity index (χ1) is 8.06. The van der Waals surface area contributed by atoms with E-state index in [1.807, 2.05) is 0 Å². The topological polar surface area (TPSA) is 38.5 Å². The molecule has 0 aliphatic heterocycles. The molecule has 0 heterocycles. The van der Waals surface area contributed by atoms with Crippen LogP contribution in [0.2, 0.25) is 0 Å². The maximum atomic E-state index is 12.8. The SMILES string of the molecule is COCCCN(C)c1ccc(N)cc1C(F)F. The summed E-state index contributed by atoms with van der Waals surface area (Å²) in [6, 6.07) is 4.59. The third kappa shape index (κ3) is 3.85. The molecule has 0 fully saturated rings. The van der Waals surface area contributed by atoms with Gasteiger partial charge in [0.2, 0.25) is 0 Å². The molecule has 2 N–H and O–H groups in total. The summed E-state index contributed by atoms with van der Waals surface area (Å²) in [4.78, 5) is 1.79. The van der Waals surface area contributed by atoms with Crippen LogP contribution in [-0.2, 0) is 4.74 Å². The van der Waals surface area contributed by atoms with E-state index < -0.39 is 6.43 Å². The van der Waals surface area contributed by atoms with E-state index in [2.05, 4.69) is 0 Å². The van der Waals surface area contributed by atoms with Crippen LogP contribution >= 0.6 is 0 Å². The molecule has 0 bridgehead atoms. The van der Waals surface area contributed by atoms with Crippen molar-refractivity contribution in [2.24, 2.45) is 0 Å². The predicted octanol–water partition coefficient (Wildman–Crippen LogP) is 2.68. The summed E-state index contributed by atoms with van der Waals surface area (Å²) >= 11 is 0. The number of hydrogen-bond acceptors (Lipinski definition) is 3. The molecule has 0 amide bonds. The number of alkyl halides is 2. The first-order valence-corrected chi connectivity index (χ1v) is 5.44. The molecule has 0 aromatic heterocycles. The summed E-state index contributed by atoms with van der Waals surface area (Å²) in [5.74, 6) is 0. The van der Waals surface area contributed by atoms with Gasteiger partial charge in [-0.05, 0) is 24.6 Å². The van der Waals surface area contributed by atoms with Crippen molar-refractivity contribution in [3.8, 4) is 0 Å². The van der Waals surface area contributed by atoms with Crippen molar-refractivity contribution < 1.29 is 13.5 Å². The quantitative estimate of drug-likeness (QED) is 0.617. The molecule has 0 aliphatic rings. The lowest BCUT2D eigenvalue weighted by molar-refractivity contribution is 0.152. The van der Waals surface area contributed by atoms with Gasteiger partial charge in [-0.15, -0.1) is 0 Å². The van der Waals surface area contributed by atoms with E-state index in [1.54, 1.807) is 31.2 Å². The van der Waals surface area contributed by atoms with Gasteiger partial charge < -0.3 is 15.4 Å². The van der Waals surface area contributed by atoms with Crippen LogP contribution in [-0.4, -0.2) is 27.3 Å². The average Bonchev–Trinajstić information content (AvgIpc) is 2.29. The molecule has 0 spiro atoms. The van der Waals surface area contributed by atoms with Crippen molar-refractivity contribution in [3.05, 3.63) is 23.8 Å². The van der Waals surface area contributed by atoms with Gasteiger partial charge in [0.25, 0.3) is 6.43 Å². The predicted molar refractivity (Wildman–Crippen MR) is 65.6 cm³/mol. The molecule has 0 unspecified atom stereocenters. The van der Waals surface area contributed by atoms with Crippen molar-refractivity contribution >= 4 is 11.4 Å². The lowest BCUT2D eigenvalue weighted by Gasteiger charge is -2.22. The number of rotatable bonds is 6. The Labute approximate surface area is 100 Å². The van der Waals surface area contributed by atoms with Crippen LogP contribution in [0.3, 0.4) is 0 Å². The fourth-order valence-electron chi connectivity index (χ4n) is 1.66. The van der Waals surface area contributed by atoms with Gasteiger partial charge in [0.05, 0.1) is 0 Å². The molecule has 1 aromatic rings. The number of anilines is 2. The normalized spacial score (nSPS) is 10.9. The molecule has 1 aromatic carbocycles. The van der Waals surface area contributed by atoms with Crippen molar-refractivity contribution in [2.75, 3.05) is 37.9 Å². The van der Waals surface area contributed by atoms with Crippen molar-refractivity contribution in [1.29, 1.82) is 0 Å². The van der Waals surface area contributed by atoms with Crippen LogP contribution in [0.15, 0.2) is 18.2 Å². The zero-order chi connectivity index (χ0) is 12.8. The van der Waals surface area contributed by atoms with Crippen molar-refractivity contribution in [3.63, 3.8) is 0 Å². The molecule has 0 saturated carbocycles. The van der Waals surface area contributed by atoms with E-state index in [-0.39, 0.29) is 5.56 Å². The molecule has 0 aliphatic carbocycles. The Hall–Kier alpha value is -1.36. The lowest BCUT2D eigenvalue weighted by atomic mass is 10.1. The van der Waals surface area contributed by atoms with Gasteiger partial charge in [0.1, 0.15) is 0 Å².